The Labute approximate surface area is 136 Å². The Morgan fingerprint density at radius 2 is 2.00 bits per heavy atom. The molecule has 0 saturated carbocycles. The minimum absolute atomic E-state index is 0.168. The lowest BCUT2D eigenvalue weighted by atomic mass is 10.2. The van der Waals surface area contributed by atoms with Gasteiger partial charge in [-0.3, -0.25) is 0 Å². The van der Waals surface area contributed by atoms with E-state index in [0.717, 1.165) is 6.61 Å². The van der Waals surface area contributed by atoms with Crippen LogP contribution in [-0.4, -0.2) is 44.1 Å². The minimum Gasteiger partial charge on any atom is -0.489 e. The molecule has 1 unspecified atom stereocenters. The highest BCUT2D eigenvalue weighted by Gasteiger charge is 2.07. The van der Waals surface area contributed by atoms with Crippen LogP contribution in [0.1, 0.15) is 13.8 Å². The van der Waals surface area contributed by atoms with Crippen molar-refractivity contribution < 1.29 is 14.6 Å². The van der Waals surface area contributed by atoms with Gasteiger partial charge in [-0.1, -0.05) is 37.0 Å². The smallest absolute Gasteiger partial charge is 0.138 e. The van der Waals surface area contributed by atoms with E-state index < -0.39 is 6.10 Å². The molecule has 0 spiro atoms. The van der Waals surface area contributed by atoms with Crippen LogP contribution in [-0.2, 0) is 4.74 Å². The minimum atomic E-state index is -0.609. The van der Waals surface area contributed by atoms with Crippen molar-refractivity contribution >= 4 is 23.2 Å². The number of aliphatic hydroxyl groups excluding tert-OH is 1. The Hall–Kier alpha value is -0.520. The molecule has 2 N–H and O–H groups in total. The van der Waals surface area contributed by atoms with Crippen LogP contribution in [0.2, 0.25) is 10.0 Å². The molecule has 0 aliphatic heterocycles. The SMILES string of the molecule is CC(C)COCCNCC(O)COc1ccc(Cl)cc1Cl. The summed E-state index contributed by atoms with van der Waals surface area (Å²) in [6.07, 6.45) is -0.609. The van der Waals surface area contributed by atoms with Crippen molar-refractivity contribution in [3.63, 3.8) is 0 Å². The number of benzene rings is 1. The Kier molecular flexibility index (Phi) is 9.04. The Bertz CT molecular complexity index is 416. The van der Waals surface area contributed by atoms with Gasteiger partial charge in [0.1, 0.15) is 18.5 Å². The number of aliphatic hydroxyl groups is 1. The zero-order valence-corrected chi connectivity index (χ0v) is 14.0. The number of hydrogen-bond donors (Lipinski definition) is 2. The molecule has 0 aliphatic rings. The number of nitrogens with one attached hydrogen (secondary N) is 1. The molecule has 1 rings (SSSR count). The van der Waals surface area contributed by atoms with Gasteiger partial charge >= 0.3 is 0 Å². The molecule has 6 heteroatoms. The van der Waals surface area contributed by atoms with E-state index in [2.05, 4.69) is 19.2 Å². The maximum Gasteiger partial charge on any atom is 0.138 e. The Morgan fingerprint density at radius 1 is 1.24 bits per heavy atom. The Balaban J connectivity index is 2.12. The van der Waals surface area contributed by atoms with Gasteiger partial charge in [-0.05, 0) is 24.1 Å². The number of halogens is 2. The molecular weight excluding hydrogens is 313 g/mol. The largest absolute Gasteiger partial charge is 0.489 e. The van der Waals surface area contributed by atoms with Crippen LogP contribution >= 0.6 is 23.2 Å². The predicted molar refractivity (Wildman–Crippen MR) is 86.5 cm³/mol. The normalized spacial score (nSPS) is 12.7. The summed E-state index contributed by atoms with van der Waals surface area (Å²) >= 11 is 11.8. The van der Waals surface area contributed by atoms with Gasteiger partial charge in [-0.2, -0.15) is 0 Å². The average Bonchev–Trinajstić information content (AvgIpc) is 2.41. The molecule has 1 aromatic rings. The maximum absolute atomic E-state index is 9.80. The predicted octanol–water partition coefficient (Wildman–Crippen LogP) is 3.00. The fourth-order valence-corrected chi connectivity index (χ4v) is 2.03. The third-order valence-corrected chi connectivity index (χ3v) is 3.11. The van der Waals surface area contributed by atoms with Crippen molar-refractivity contribution in [2.45, 2.75) is 20.0 Å². The lowest BCUT2D eigenvalue weighted by Crippen LogP contribution is -2.33. The molecule has 0 heterocycles. The molecule has 0 aliphatic carbocycles. The van der Waals surface area contributed by atoms with Crippen molar-refractivity contribution in [2.75, 3.05) is 32.9 Å². The van der Waals surface area contributed by atoms with Gasteiger partial charge in [-0.15, -0.1) is 0 Å². The Morgan fingerprint density at radius 3 is 2.67 bits per heavy atom. The van der Waals surface area contributed by atoms with Crippen molar-refractivity contribution in [2.24, 2.45) is 5.92 Å². The summed E-state index contributed by atoms with van der Waals surface area (Å²) in [6.45, 7) is 6.91. The van der Waals surface area contributed by atoms with E-state index in [0.29, 0.717) is 41.4 Å². The van der Waals surface area contributed by atoms with E-state index in [4.69, 9.17) is 32.7 Å². The molecule has 21 heavy (non-hydrogen) atoms. The van der Waals surface area contributed by atoms with E-state index >= 15 is 0 Å². The van der Waals surface area contributed by atoms with Crippen molar-refractivity contribution in [3.8, 4) is 5.75 Å². The zero-order valence-electron chi connectivity index (χ0n) is 12.4. The first-order chi connectivity index (χ1) is 9.99. The molecule has 0 fully saturated rings. The summed E-state index contributed by atoms with van der Waals surface area (Å²) < 4.78 is 10.9. The van der Waals surface area contributed by atoms with Crippen LogP contribution in [0.3, 0.4) is 0 Å². The van der Waals surface area contributed by atoms with Gasteiger partial charge in [0.05, 0.1) is 11.6 Å². The van der Waals surface area contributed by atoms with Crippen LogP contribution in [0, 0.1) is 5.92 Å². The second-order valence-electron chi connectivity index (χ2n) is 5.21. The molecule has 120 valence electrons. The molecule has 0 aromatic heterocycles. The quantitative estimate of drug-likeness (QED) is 0.645. The molecule has 0 bridgehead atoms. The lowest BCUT2D eigenvalue weighted by Gasteiger charge is -2.14. The highest BCUT2D eigenvalue weighted by molar-refractivity contribution is 6.35. The van der Waals surface area contributed by atoms with Crippen molar-refractivity contribution in [1.29, 1.82) is 0 Å². The molecule has 0 radical (unpaired) electrons. The fourth-order valence-electron chi connectivity index (χ4n) is 1.57. The highest BCUT2D eigenvalue weighted by atomic mass is 35.5. The van der Waals surface area contributed by atoms with Crippen LogP contribution in [0.4, 0.5) is 0 Å². The third kappa shape index (κ3) is 8.49. The fraction of sp³-hybridized carbons (Fsp3) is 0.600. The van der Waals surface area contributed by atoms with E-state index in [-0.39, 0.29) is 6.61 Å². The van der Waals surface area contributed by atoms with Crippen molar-refractivity contribution in [1.82, 2.24) is 5.32 Å². The molecular formula is C15H23Cl2NO3. The standard InChI is InChI=1S/C15H23Cl2NO3/c1-11(2)9-20-6-5-18-8-13(19)10-21-15-4-3-12(16)7-14(15)17/h3-4,7,11,13,18-19H,5-6,8-10H2,1-2H3. The van der Waals surface area contributed by atoms with E-state index in [1.54, 1.807) is 18.2 Å². The van der Waals surface area contributed by atoms with E-state index in [1.807, 2.05) is 0 Å². The summed E-state index contributed by atoms with van der Waals surface area (Å²) in [4.78, 5) is 0. The highest BCUT2D eigenvalue weighted by Crippen LogP contribution is 2.27. The topological polar surface area (TPSA) is 50.7 Å². The summed E-state index contributed by atoms with van der Waals surface area (Å²) in [5.74, 6) is 1.05. The molecule has 1 aromatic carbocycles. The number of rotatable bonds is 10. The first kappa shape index (κ1) is 18.5. The van der Waals surface area contributed by atoms with Crippen LogP contribution in [0.15, 0.2) is 18.2 Å². The van der Waals surface area contributed by atoms with Gasteiger partial charge < -0.3 is 19.9 Å². The van der Waals surface area contributed by atoms with E-state index in [1.165, 1.54) is 0 Å². The first-order valence-electron chi connectivity index (χ1n) is 7.03. The summed E-state index contributed by atoms with van der Waals surface area (Å²) in [7, 11) is 0. The lowest BCUT2D eigenvalue weighted by molar-refractivity contribution is 0.0925. The van der Waals surface area contributed by atoms with Gasteiger partial charge in [0.15, 0.2) is 0 Å². The summed E-state index contributed by atoms with van der Waals surface area (Å²) in [5, 5.41) is 13.9. The van der Waals surface area contributed by atoms with Crippen molar-refractivity contribution in [3.05, 3.63) is 28.2 Å². The molecule has 1 atom stereocenters. The first-order valence-corrected chi connectivity index (χ1v) is 7.79. The van der Waals surface area contributed by atoms with Crippen LogP contribution in [0.25, 0.3) is 0 Å². The number of ether oxygens (including phenoxy) is 2. The second-order valence-corrected chi connectivity index (χ2v) is 6.06. The summed E-state index contributed by atoms with van der Waals surface area (Å²) in [6, 6.07) is 4.99. The monoisotopic (exact) mass is 335 g/mol. The molecule has 0 amide bonds. The molecule has 0 saturated heterocycles. The van der Waals surface area contributed by atoms with Gasteiger partial charge in [0.25, 0.3) is 0 Å². The van der Waals surface area contributed by atoms with E-state index in [9.17, 15) is 5.11 Å². The summed E-state index contributed by atoms with van der Waals surface area (Å²) in [5.41, 5.74) is 0. The van der Waals surface area contributed by atoms with Gasteiger partial charge in [-0.25, -0.2) is 0 Å². The zero-order chi connectivity index (χ0) is 15.7. The number of hydrogen-bond acceptors (Lipinski definition) is 4. The van der Waals surface area contributed by atoms with Gasteiger partial charge in [0, 0.05) is 24.7 Å². The third-order valence-electron chi connectivity index (χ3n) is 2.58. The van der Waals surface area contributed by atoms with Crippen LogP contribution in [0.5, 0.6) is 5.75 Å². The molecule has 4 nitrogen and oxygen atoms in total. The maximum atomic E-state index is 9.80. The second kappa shape index (κ2) is 10.2. The van der Waals surface area contributed by atoms with Crippen LogP contribution < -0.4 is 10.1 Å². The van der Waals surface area contributed by atoms with Gasteiger partial charge in [0.2, 0.25) is 0 Å². The average molecular weight is 336 g/mol.